The lowest BCUT2D eigenvalue weighted by Gasteiger charge is -1.98. The average molecular weight is 191 g/mol. The van der Waals surface area contributed by atoms with Crippen molar-refractivity contribution in [3.05, 3.63) is 35.7 Å². The number of hydrogen-bond acceptors (Lipinski definition) is 4. The zero-order valence-corrected chi connectivity index (χ0v) is 7.64. The molecule has 1 aromatic rings. The van der Waals surface area contributed by atoms with E-state index in [1.54, 1.807) is 18.3 Å². The van der Waals surface area contributed by atoms with Gasteiger partial charge in [0.05, 0.1) is 12.7 Å². The van der Waals surface area contributed by atoms with Crippen molar-refractivity contribution in [2.45, 2.75) is 0 Å². The minimum atomic E-state index is -0.446. The van der Waals surface area contributed by atoms with Crippen LogP contribution in [0, 0.1) is 0 Å². The van der Waals surface area contributed by atoms with Crippen molar-refractivity contribution < 1.29 is 14.3 Å². The molecule has 72 valence electrons. The van der Waals surface area contributed by atoms with Gasteiger partial charge in [0.25, 0.3) is 0 Å². The standard InChI is InChI=1S/C10H9NO3/c1-14-10(13)9-5-8(3-2-4-12)6-11-7-9/h2-7H,1H3/b3-2+. The van der Waals surface area contributed by atoms with E-state index in [4.69, 9.17) is 0 Å². The van der Waals surface area contributed by atoms with Gasteiger partial charge in [-0.3, -0.25) is 9.78 Å². The zero-order chi connectivity index (χ0) is 10.4. The molecule has 0 radical (unpaired) electrons. The summed E-state index contributed by atoms with van der Waals surface area (Å²) >= 11 is 0. The fraction of sp³-hybridized carbons (Fsp3) is 0.100. The van der Waals surface area contributed by atoms with E-state index in [-0.39, 0.29) is 0 Å². The van der Waals surface area contributed by atoms with Gasteiger partial charge in [-0.2, -0.15) is 0 Å². The lowest BCUT2D eigenvalue weighted by atomic mass is 10.2. The van der Waals surface area contributed by atoms with Crippen molar-refractivity contribution in [3.63, 3.8) is 0 Å². The number of allylic oxidation sites excluding steroid dienone is 1. The Balaban J connectivity index is 2.94. The lowest BCUT2D eigenvalue weighted by Crippen LogP contribution is -2.01. The second-order valence-electron chi connectivity index (χ2n) is 2.49. The first-order valence-electron chi connectivity index (χ1n) is 3.93. The van der Waals surface area contributed by atoms with Gasteiger partial charge in [0.1, 0.15) is 6.29 Å². The van der Waals surface area contributed by atoms with Gasteiger partial charge in [0.2, 0.25) is 0 Å². The highest BCUT2D eigenvalue weighted by Crippen LogP contribution is 2.05. The van der Waals surface area contributed by atoms with Crippen molar-refractivity contribution in [3.8, 4) is 0 Å². The Morgan fingerprint density at radius 3 is 2.93 bits per heavy atom. The third kappa shape index (κ3) is 2.52. The number of esters is 1. The summed E-state index contributed by atoms with van der Waals surface area (Å²) < 4.78 is 4.52. The van der Waals surface area contributed by atoms with Crippen LogP contribution in [0.4, 0.5) is 0 Å². The number of aldehydes is 1. The van der Waals surface area contributed by atoms with Crippen LogP contribution in [0.5, 0.6) is 0 Å². The van der Waals surface area contributed by atoms with Crippen molar-refractivity contribution in [1.82, 2.24) is 4.98 Å². The van der Waals surface area contributed by atoms with Gasteiger partial charge in [0.15, 0.2) is 0 Å². The van der Waals surface area contributed by atoms with Gasteiger partial charge in [0, 0.05) is 12.4 Å². The van der Waals surface area contributed by atoms with E-state index < -0.39 is 5.97 Å². The quantitative estimate of drug-likeness (QED) is 0.407. The first-order valence-corrected chi connectivity index (χ1v) is 3.93. The summed E-state index contributed by atoms with van der Waals surface area (Å²) in [5, 5.41) is 0. The third-order valence-electron chi connectivity index (χ3n) is 1.55. The number of hydrogen-bond donors (Lipinski definition) is 0. The molecule has 0 atom stereocenters. The summed E-state index contributed by atoms with van der Waals surface area (Å²) in [4.78, 5) is 25.0. The summed E-state index contributed by atoms with van der Waals surface area (Å²) in [7, 11) is 1.30. The second kappa shape index (κ2) is 4.91. The molecule has 0 spiro atoms. The van der Waals surface area contributed by atoms with Crippen LogP contribution in [0.25, 0.3) is 6.08 Å². The molecule has 0 saturated carbocycles. The van der Waals surface area contributed by atoms with Crippen LogP contribution < -0.4 is 0 Å². The number of aromatic nitrogens is 1. The molecule has 4 nitrogen and oxygen atoms in total. The molecule has 0 saturated heterocycles. The van der Waals surface area contributed by atoms with E-state index in [0.717, 1.165) is 0 Å². The van der Waals surface area contributed by atoms with E-state index in [1.807, 2.05) is 0 Å². The summed E-state index contributed by atoms with van der Waals surface area (Å²) in [6.45, 7) is 0. The predicted molar refractivity (Wildman–Crippen MR) is 50.7 cm³/mol. The van der Waals surface area contributed by atoms with Gasteiger partial charge in [-0.15, -0.1) is 0 Å². The van der Waals surface area contributed by atoms with Crippen molar-refractivity contribution in [2.24, 2.45) is 0 Å². The normalized spacial score (nSPS) is 10.1. The molecule has 0 amide bonds. The Hall–Kier alpha value is -1.97. The summed E-state index contributed by atoms with van der Waals surface area (Å²) in [5.41, 5.74) is 1.04. The van der Waals surface area contributed by atoms with Gasteiger partial charge in [-0.05, 0) is 17.7 Å². The number of rotatable bonds is 3. The van der Waals surface area contributed by atoms with Crippen molar-refractivity contribution in [2.75, 3.05) is 7.11 Å². The van der Waals surface area contributed by atoms with Gasteiger partial charge < -0.3 is 4.74 Å². The Bertz CT molecular complexity index is 371. The second-order valence-corrected chi connectivity index (χ2v) is 2.49. The Morgan fingerprint density at radius 2 is 2.29 bits per heavy atom. The molecule has 1 aromatic heterocycles. The van der Waals surface area contributed by atoms with E-state index in [9.17, 15) is 9.59 Å². The van der Waals surface area contributed by atoms with Crippen LogP contribution in [0.1, 0.15) is 15.9 Å². The first kappa shape index (κ1) is 10.1. The monoisotopic (exact) mass is 191 g/mol. The molecule has 1 heterocycles. The third-order valence-corrected chi connectivity index (χ3v) is 1.55. The molecule has 0 N–H and O–H groups in total. The lowest BCUT2D eigenvalue weighted by molar-refractivity contribution is -0.104. The van der Waals surface area contributed by atoms with Gasteiger partial charge in [-0.25, -0.2) is 4.79 Å². The van der Waals surface area contributed by atoms with Crippen molar-refractivity contribution in [1.29, 1.82) is 0 Å². The Kier molecular flexibility index (Phi) is 3.55. The van der Waals surface area contributed by atoms with Gasteiger partial charge >= 0.3 is 5.97 Å². The maximum absolute atomic E-state index is 11.1. The minimum absolute atomic E-state index is 0.362. The summed E-state index contributed by atoms with van der Waals surface area (Å²) in [5.74, 6) is -0.446. The molecule has 1 rings (SSSR count). The fourth-order valence-corrected chi connectivity index (χ4v) is 0.929. The molecule has 0 aliphatic rings. The smallest absolute Gasteiger partial charge is 0.339 e. The number of ether oxygens (including phenoxy) is 1. The van der Waals surface area contributed by atoms with E-state index in [2.05, 4.69) is 9.72 Å². The Morgan fingerprint density at radius 1 is 1.50 bits per heavy atom. The first-order chi connectivity index (χ1) is 6.77. The number of carbonyl (C=O) groups is 2. The van der Waals surface area contributed by atoms with Crippen LogP contribution in [-0.4, -0.2) is 24.3 Å². The molecule has 4 heteroatoms. The highest BCUT2D eigenvalue weighted by Gasteiger charge is 2.04. The molecule has 0 aliphatic heterocycles. The van der Waals surface area contributed by atoms with Crippen LogP contribution in [0.3, 0.4) is 0 Å². The highest BCUT2D eigenvalue weighted by molar-refractivity contribution is 5.89. The molecule has 0 aromatic carbocycles. The van der Waals surface area contributed by atoms with Crippen molar-refractivity contribution >= 4 is 18.3 Å². The zero-order valence-electron chi connectivity index (χ0n) is 7.64. The van der Waals surface area contributed by atoms with Gasteiger partial charge in [-0.1, -0.05) is 6.08 Å². The summed E-state index contributed by atoms with van der Waals surface area (Å²) in [6.07, 6.45) is 6.51. The molecule has 0 bridgehead atoms. The van der Waals surface area contributed by atoms with E-state index in [1.165, 1.54) is 19.4 Å². The molecular formula is C10H9NO3. The molecule has 0 unspecified atom stereocenters. The summed E-state index contributed by atoms with van der Waals surface area (Å²) in [6, 6.07) is 1.60. The van der Waals surface area contributed by atoms with Crippen LogP contribution in [0.15, 0.2) is 24.5 Å². The number of pyridine rings is 1. The highest BCUT2D eigenvalue weighted by atomic mass is 16.5. The number of carbonyl (C=O) groups excluding carboxylic acids is 2. The molecule has 14 heavy (non-hydrogen) atoms. The predicted octanol–water partition coefficient (Wildman–Crippen LogP) is 1.08. The topological polar surface area (TPSA) is 56.3 Å². The van der Waals surface area contributed by atoms with E-state index >= 15 is 0 Å². The average Bonchev–Trinajstić information content (AvgIpc) is 2.25. The largest absolute Gasteiger partial charge is 0.465 e. The number of methoxy groups -OCH3 is 1. The molecule has 0 aliphatic carbocycles. The van der Waals surface area contributed by atoms with Crippen LogP contribution in [-0.2, 0) is 9.53 Å². The number of nitrogens with zero attached hydrogens (tertiary/aromatic N) is 1. The molecule has 0 fully saturated rings. The van der Waals surface area contributed by atoms with Crippen LogP contribution in [0.2, 0.25) is 0 Å². The SMILES string of the molecule is COC(=O)c1cncc(/C=C/C=O)c1. The maximum atomic E-state index is 11.1. The fourth-order valence-electron chi connectivity index (χ4n) is 0.929. The van der Waals surface area contributed by atoms with Crippen LogP contribution >= 0.6 is 0 Å². The maximum Gasteiger partial charge on any atom is 0.339 e. The molecular weight excluding hydrogens is 182 g/mol. The Labute approximate surface area is 81.2 Å². The minimum Gasteiger partial charge on any atom is -0.465 e. The van der Waals surface area contributed by atoms with E-state index in [0.29, 0.717) is 17.4 Å².